The molecule has 0 amide bonds. The first-order valence-electron chi connectivity index (χ1n) is 33.5. The van der Waals surface area contributed by atoms with Gasteiger partial charge >= 0.3 is 17.9 Å². The van der Waals surface area contributed by atoms with Crippen LogP contribution in [0.1, 0.15) is 367 Å². The van der Waals surface area contributed by atoms with Crippen molar-refractivity contribution in [3.05, 3.63) is 36.5 Å². The summed E-state index contributed by atoms with van der Waals surface area (Å²) in [5, 5.41) is 0. The van der Waals surface area contributed by atoms with Gasteiger partial charge in [-0.3, -0.25) is 14.4 Å². The highest BCUT2D eigenvalue weighted by molar-refractivity contribution is 5.71. The Morgan fingerprint density at radius 1 is 0.267 bits per heavy atom. The Labute approximate surface area is 467 Å². The maximum Gasteiger partial charge on any atom is 0.306 e. The second kappa shape index (κ2) is 64.2. The van der Waals surface area contributed by atoms with Crippen LogP contribution in [0, 0.1) is 0 Å². The maximum atomic E-state index is 12.9. The summed E-state index contributed by atoms with van der Waals surface area (Å²) in [7, 11) is 0. The fourth-order valence-electron chi connectivity index (χ4n) is 10.1. The molecule has 0 saturated heterocycles. The first-order chi connectivity index (χ1) is 37.0. The van der Waals surface area contributed by atoms with Gasteiger partial charge in [-0.25, -0.2) is 0 Å². The Hall–Kier alpha value is -2.37. The number of carbonyl (C=O) groups is 3. The molecule has 0 aromatic carbocycles. The normalized spacial score (nSPS) is 12.2. The van der Waals surface area contributed by atoms with Crippen molar-refractivity contribution in [1.29, 1.82) is 0 Å². The zero-order valence-corrected chi connectivity index (χ0v) is 50.6. The fourth-order valence-corrected chi connectivity index (χ4v) is 10.1. The number of esters is 3. The molecule has 0 radical (unpaired) electrons. The summed E-state index contributed by atoms with van der Waals surface area (Å²) < 4.78 is 16.9. The molecule has 0 aliphatic heterocycles. The van der Waals surface area contributed by atoms with E-state index in [0.717, 1.165) is 70.6 Å². The van der Waals surface area contributed by atoms with E-state index in [9.17, 15) is 14.4 Å². The summed E-state index contributed by atoms with van der Waals surface area (Å²) in [6.07, 6.45) is 79.1. The molecule has 0 spiro atoms. The van der Waals surface area contributed by atoms with E-state index >= 15 is 0 Å². The second-order valence-electron chi connectivity index (χ2n) is 22.7. The van der Waals surface area contributed by atoms with E-state index in [1.54, 1.807) is 0 Å². The molecule has 0 aromatic rings. The van der Waals surface area contributed by atoms with Gasteiger partial charge in [0.25, 0.3) is 0 Å². The Bertz CT molecular complexity index is 1250. The van der Waals surface area contributed by atoms with E-state index in [1.807, 2.05) is 0 Å². The summed E-state index contributed by atoms with van der Waals surface area (Å²) in [6.45, 7) is 6.65. The quantitative estimate of drug-likeness (QED) is 0.0261. The van der Waals surface area contributed by atoms with Gasteiger partial charge in [0.2, 0.25) is 0 Å². The third-order valence-corrected chi connectivity index (χ3v) is 15.1. The van der Waals surface area contributed by atoms with Crippen LogP contribution in [-0.4, -0.2) is 37.2 Å². The van der Waals surface area contributed by atoms with E-state index < -0.39 is 6.10 Å². The summed E-state index contributed by atoms with van der Waals surface area (Å²) in [6, 6.07) is 0. The van der Waals surface area contributed by atoms with Crippen molar-refractivity contribution in [2.75, 3.05) is 13.2 Å². The lowest BCUT2D eigenvalue weighted by Crippen LogP contribution is -2.30. The molecule has 0 heterocycles. The molecular formula is C69H128O6. The van der Waals surface area contributed by atoms with Crippen molar-refractivity contribution in [3.63, 3.8) is 0 Å². The van der Waals surface area contributed by atoms with Crippen molar-refractivity contribution in [1.82, 2.24) is 0 Å². The molecule has 440 valence electrons. The van der Waals surface area contributed by atoms with Crippen LogP contribution in [0.3, 0.4) is 0 Å². The number of ether oxygens (including phenoxy) is 3. The minimum Gasteiger partial charge on any atom is -0.462 e. The van der Waals surface area contributed by atoms with Gasteiger partial charge in [0.1, 0.15) is 13.2 Å². The highest BCUT2D eigenvalue weighted by atomic mass is 16.6. The predicted molar refractivity (Wildman–Crippen MR) is 326 cm³/mol. The van der Waals surface area contributed by atoms with Crippen molar-refractivity contribution in [3.8, 4) is 0 Å². The van der Waals surface area contributed by atoms with Crippen LogP contribution in [0.15, 0.2) is 36.5 Å². The average molecular weight is 1050 g/mol. The first kappa shape index (κ1) is 72.6. The van der Waals surface area contributed by atoms with Crippen molar-refractivity contribution >= 4 is 17.9 Å². The molecule has 0 fully saturated rings. The molecule has 0 saturated carbocycles. The largest absolute Gasteiger partial charge is 0.462 e. The Morgan fingerprint density at radius 2 is 0.480 bits per heavy atom. The van der Waals surface area contributed by atoms with Gasteiger partial charge in [-0.15, -0.1) is 0 Å². The number of allylic oxidation sites excluding steroid dienone is 6. The van der Waals surface area contributed by atoms with Gasteiger partial charge in [-0.1, -0.05) is 327 Å². The molecule has 1 unspecified atom stereocenters. The summed E-state index contributed by atoms with van der Waals surface area (Å²) in [5.74, 6) is -0.849. The molecule has 0 N–H and O–H groups in total. The second-order valence-corrected chi connectivity index (χ2v) is 22.7. The SMILES string of the molecule is CCCCCCC/C=C\C/C=C\C/C=C\CCCCCCCCCCCCCCCCC(=O)OCC(COC(=O)CCCCCCCCC)OC(=O)CCCCCCCCCCCCCCCCCCCCCCC. The summed E-state index contributed by atoms with van der Waals surface area (Å²) in [4.78, 5) is 38.1. The Morgan fingerprint density at radius 3 is 0.747 bits per heavy atom. The third kappa shape index (κ3) is 62.4. The van der Waals surface area contributed by atoms with E-state index in [-0.39, 0.29) is 31.1 Å². The number of unbranched alkanes of at least 4 members (excludes halogenated alkanes) is 45. The van der Waals surface area contributed by atoms with Crippen LogP contribution in [0.4, 0.5) is 0 Å². The minimum absolute atomic E-state index is 0.0670. The summed E-state index contributed by atoms with van der Waals surface area (Å²) >= 11 is 0. The van der Waals surface area contributed by atoms with Gasteiger partial charge in [0.05, 0.1) is 0 Å². The van der Waals surface area contributed by atoms with Crippen LogP contribution >= 0.6 is 0 Å². The third-order valence-electron chi connectivity index (χ3n) is 15.1. The van der Waals surface area contributed by atoms with Crippen LogP contribution < -0.4 is 0 Å². The van der Waals surface area contributed by atoms with E-state index in [2.05, 4.69) is 57.2 Å². The number of hydrogen-bond acceptors (Lipinski definition) is 6. The molecular weight excluding hydrogens is 925 g/mol. The average Bonchev–Trinajstić information content (AvgIpc) is 3.41. The van der Waals surface area contributed by atoms with E-state index in [0.29, 0.717) is 19.3 Å². The fraction of sp³-hybridized carbons (Fsp3) is 0.870. The molecule has 1 atom stereocenters. The molecule has 0 aliphatic rings. The zero-order chi connectivity index (χ0) is 54.3. The molecule has 6 nitrogen and oxygen atoms in total. The highest BCUT2D eigenvalue weighted by Crippen LogP contribution is 2.18. The van der Waals surface area contributed by atoms with Crippen molar-refractivity contribution < 1.29 is 28.6 Å². The standard InChI is InChI=1S/C69H128O6/c1-4-7-10-13-16-18-20-22-24-26-28-30-31-32-33-34-35-36-37-39-40-42-44-46-48-50-53-56-59-62-68(71)74-65-66(64-73-67(70)61-58-55-52-15-12-9-6-3)75-69(72)63-60-57-54-51-49-47-45-43-41-38-29-27-25-23-21-19-17-14-11-8-5-2/h20,22,26,28,31-32,66H,4-19,21,23-25,27,29-30,33-65H2,1-3H3/b22-20-,28-26-,32-31-. The van der Waals surface area contributed by atoms with Gasteiger partial charge < -0.3 is 14.2 Å². The van der Waals surface area contributed by atoms with E-state index in [1.165, 1.54) is 257 Å². The van der Waals surface area contributed by atoms with Crippen molar-refractivity contribution in [2.24, 2.45) is 0 Å². The zero-order valence-electron chi connectivity index (χ0n) is 50.6. The molecule has 0 rings (SSSR count). The topological polar surface area (TPSA) is 78.9 Å². The van der Waals surface area contributed by atoms with Crippen LogP contribution in [0.2, 0.25) is 0 Å². The highest BCUT2D eigenvalue weighted by Gasteiger charge is 2.19. The first-order valence-corrected chi connectivity index (χ1v) is 33.5. The van der Waals surface area contributed by atoms with Crippen LogP contribution in [0.5, 0.6) is 0 Å². The van der Waals surface area contributed by atoms with E-state index in [4.69, 9.17) is 14.2 Å². The van der Waals surface area contributed by atoms with Gasteiger partial charge in [-0.2, -0.15) is 0 Å². The lowest BCUT2D eigenvalue weighted by atomic mass is 10.0. The lowest BCUT2D eigenvalue weighted by molar-refractivity contribution is -0.167. The lowest BCUT2D eigenvalue weighted by Gasteiger charge is -2.18. The monoisotopic (exact) mass is 1050 g/mol. The molecule has 0 bridgehead atoms. The Balaban J connectivity index is 4.05. The molecule has 0 aromatic heterocycles. The van der Waals surface area contributed by atoms with Crippen molar-refractivity contribution in [2.45, 2.75) is 374 Å². The minimum atomic E-state index is -0.766. The molecule has 0 aliphatic carbocycles. The number of hydrogen-bond donors (Lipinski definition) is 0. The summed E-state index contributed by atoms with van der Waals surface area (Å²) in [5.41, 5.74) is 0. The van der Waals surface area contributed by atoms with Gasteiger partial charge in [-0.05, 0) is 57.8 Å². The smallest absolute Gasteiger partial charge is 0.306 e. The molecule has 6 heteroatoms. The van der Waals surface area contributed by atoms with Crippen LogP contribution in [-0.2, 0) is 28.6 Å². The Kier molecular flexibility index (Phi) is 62.1. The van der Waals surface area contributed by atoms with Gasteiger partial charge in [0, 0.05) is 19.3 Å². The van der Waals surface area contributed by atoms with Crippen LogP contribution in [0.25, 0.3) is 0 Å². The number of rotatable bonds is 62. The molecule has 75 heavy (non-hydrogen) atoms. The van der Waals surface area contributed by atoms with Gasteiger partial charge in [0.15, 0.2) is 6.10 Å². The maximum absolute atomic E-state index is 12.9. The number of carbonyl (C=O) groups excluding carboxylic acids is 3. The predicted octanol–water partition coefficient (Wildman–Crippen LogP) is 22.8.